The molecule has 0 aliphatic heterocycles. The molecule has 1 unspecified atom stereocenters. The number of hydrogen-bond donors (Lipinski definition) is 2. The number of carbonyl (C=O) groups excluding carboxylic acids is 1. The van der Waals surface area contributed by atoms with Crippen LogP contribution in [0, 0.1) is 5.41 Å². The van der Waals surface area contributed by atoms with E-state index in [0.717, 1.165) is 6.42 Å². The van der Waals surface area contributed by atoms with Crippen LogP contribution < -0.4 is 5.32 Å². The summed E-state index contributed by atoms with van der Waals surface area (Å²) in [5.74, 6) is -0.00922. The van der Waals surface area contributed by atoms with Gasteiger partial charge in [-0.05, 0) is 18.6 Å². The van der Waals surface area contributed by atoms with Gasteiger partial charge >= 0.3 is 0 Å². The Bertz CT molecular complexity index is 398. The van der Waals surface area contributed by atoms with Gasteiger partial charge in [0.2, 0.25) is 5.91 Å². The third-order valence-corrected chi connectivity index (χ3v) is 3.18. The van der Waals surface area contributed by atoms with Crippen LogP contribution in [0.15, 0.2) is 24.3 Å². The fourth-order valence-electron chi connectivity index (χ4n) is 1.33. The monoisotopic (exact) mass is 251 g/mol. The molecule has 1 rings (SSSR count). The fraction of sp³-hybridized carbons (Fsp3) is 0.500. The second-order valence-corrected chi connectivity index (χ2v) is 4.90. The minimum atomic E-state index is -0.929. The Balaban J connectivity index is 2.73. The van der Waals surface area contributed by atoms with Gasteiger partial charge in [-0.15, -0.1) is 0 Å². The highest BCUT2D eigenvalue weighted by atomic mass is 16.6. The van der Waals surface area contributed by atoms with E-state index >= 15 is 0 Å². The zero-order valence-electron chi connectivity index (χ0n) is 11.4. The van der Waals surface area contributed by atoms with E-state index in [1.54, 1.807) is 24.3 Å². The summed E-state index contributed by atoms with van der Waals surface area (Å²) < 4.78 is 4.80. The molecule has 0 heterocycles. The van der Waals surface area contributed by atoms with Gasteiger partial charge in [-0.3, -0.25) is 4.79 Å². The average Bonchev–Trinajstić information content (AvgIpc) is 2.38. The number of amides is 1. The molecular weight excluding hydrogens is 230 g/mol. The van der Waals surface area contributed by atoms with E-state index in [1.165, 1.54) is 7.11 Å². The predicted molar refractivity (Wildman–Crippen MR) is 71.1 cm³/mol. The van der Waals surface area contributed by atoms with Crippen molar-refractivity contribution in [2.75, 3.05) is 12.4 Å². The largest absolute Gasteiger partial charge is 0.364 e. The summed E-state index contributed by atoms with van der Waals surface area (Å²) in [7, 11) is 1.43. The molecule has 1 aromatic carbocycles. The van der Waals surface area contributed by atoms with Crippen molar-refractivity contribution >= 4 is 11.6 Å². The van der Waals surface area contributed by atoms with Crippen molar-refractivity contribution in [3.05, 3.63) is 29.8 Å². The van der Waals surface area contributed by atoms with Crippen LogP contribution in [-0.2, 0) is 9.53 Å². The highest BCUT2D eigenvalue weighted by Gasteiger charge is 2.25. The van der Waals surface area contributed by atoms with E-state index in [2.05, 4.69) is 5.32 Å². The van der Waals surface area contributed by atoms with Crippen LogP contribution in [-0.4, -0.2) is 18.1 Å². The lowest BCUT2D eigenvalue weighted by Gasteiger charge is -2.21. The van der Waals surface area contributed by atoms with Gasteiger partial charge in [0.25, 0.3) is 0 Å². The van der Waals surface area contributed by atoms with Gasteiger partial charge in [0.1, 0.15) is 0 Å². The molecule has 0 saturated carbocycles. The lowest BCUT2D eigenvalue weighted by Crippen LogP contribution is -2.29. The van der Waals surface area contributed by atoms with Gasteiger partial charge in [-0.1, -0.05) is 32.9 Å². The van der Waals surface area contributed by atoms with Gasteiger partial charge in [0, 0.05) is 23.8 Å². The maximum absolute atomic E-state index is 12.0. The van der Waals surface area contributed by atoms with Crippen molar-refractivity contribution < 1.29 is 14.6 Å². The summed E-state index contributed by atoms with van der Waals surface area (Å²) >= 11 is 0. The zero-order valence-corrected chi connectivity index (χ0v) is 11.4. The third kappa shape index (κ3) is 3.55. The molecule has 100 valence electrons. The quantitative estimate of drug-likeness (QED) is 0.791. The highest BCUT2D eigenvalue weighted by Crippen LogP contribution is 2.23. The molecule has 0 saturated heterocycles. The van der Waals surface area contributed by atoms with Crippen molar-refractivity contribution in [1.82, 2.24) is 0 Å². The van der Waals surface area contributed by atoms with Crippen molar-refractivity contribution in [3.8, 4) is 0 Å². The van der Waals surface area contributed by atoms with Crippen molar-refractivity contribution in [3.63, 3.8) is 0 Å². The van der Waals surface area contributed by atoms with Crippen LogP contribution >= 0.6 is 0 Å². The molecular formula is C14H21NO3. The molecule has 4 heteroatoms. The van der Waals surface area contributed by atoms with Crippen LogP contribution in [0.5, 0.6) is 0 Å². The Labute approximate surface area is 108 Å². The zero-order chi connectivity index (χ0) is 13.8. The van der Waals surface area contributed by atoms with E-state index in [4.69, 9.17) is 4.74 Å². The van der Waals surface area contributed by atoms with E-state index < -0.39 is 6.29 Å². The molecule has 0 fully saturated rings. The number of anilines is 1. The van der Waals surface area contributed by atoms with Gasteiger partial charge in [0.05, 0.1) is 0 Å². The summed E-state index contributed by atoms with van der Waals surface area (Å²) in [4.78, 5) is 12.0. The van der Waals surface area contributed by atoms with Gasteiger partial charge in [-0.25, -0.2) is 0 Å². The normalized spacial score (nSPS) is 13.2. The average molecular weight is 251 g/mol. The van der Waals surface area contributed by atoms with E-state index in [1.807, 2.05) is 20.8 Å². The number of benzene rings is 1. The Hall–Kier alpha value is -1.39. The number of methoxy groups -OCH3 is 1. The van der Waals surface area contributed by atoms with Crippen LogP contribution in [0.3, 0.4) is 0 Å². The number of ether oxygens (including phenoxy) is 1. The first kappa shape index (κ1) is 14.7. The second kappa shape index (κ2) is 5.98. The Morgan fingerprint density at radius 2 is 1.94 bits per heavy atom. The van der Waals surface area contributed by atoms with E-state index in [-0.39, 0.29) is 11.3 Å². The highest BCUT2D eigenvalue weighted by molar-refractivity contribution is 5.94. The maximum Gasteiger partial charge on any atom is 0.230 e. The molecule has 0 aliphatic carbocycles. The summed E-state index contributed by atoms with van der Waals surface area (Å²) in [5, 5.41) is 12.3. The van der Waals surface area contributed by atoms with Crippen LogP contribution in [0.4, 0.5) is 5.69 Å². The Morgan fingerprint density at radius 1 is 1.39 bits per heavy atom. The number of nitrogens with one attached hydrogen (secondary N) is 1. The molecule has 1 amide bonds. The third-order valence-electron chi connectivity index (χ3n) is 3.18. The van der Waals surface area contributed by atoms with Crippen LogP contribution in [0.2, 0.25) is 0 Å². The number of hydrogen-bond acceptors (Lipinski definition) is 3. The minimum Gasteiger partial charge on any atom is -0.364 e. The molecule has 0 aromatic heterocycles. The second-order valence-electron chi connectivity index (χ2n) is 4.90. The number of rotatable bonds is 5. The summed E-state index contributed by atoms with van der Waals surface area (Å²) in [6, 6.07) is 6.95. The molecule has 18 heavy (non-hydrogen) atoms. The first-order chi connectivity index (χ1) is 8.40. The number of carbonyl (C=O) groups is 1. The van der Waals surface area contributed by atoms with E-state index in [0.29, 0.717) is 11.3 Å². The van der Waals surface area contributed by atoms with Crippen molar-refractivity contribution in [2.45, 2.75) is 33.5 Å². The number of aliphatic hydroxyl groups is 1. The number of aliphatic hydroxyl groups excluding tert-OH is 1. The standard InChI is InChI=1S/C14H21NO3/c1-5-14(2,3)13(17)15-11-8-6-10(7-9-11)12(16)18-4/h6-9,12,16H,5H2,1-4H3,(H,15,17). The molecule has 0 bridgehead atoms. The fourth-order valence-corrected chi connectivity index (χ4v) is 1.33. The maximum atomic E-state index is 12.0. The van der Waals surface area contributed by atoms with Crippen molar-refractivity contribution in [1.29, 1.82) is 0 Å². The Morgan fingerprint density at radius 3 is 2.39 bits per heavy atom. The first-order valence-corrected chi connectivity index (χ1v) is 6.03. The van der Waals surface area contributed by atoms with Crippen molar-refractivity contribution in [2.24, 2.45) is 5.41 Å². The lowest BCUT2D eigenvalue weighted by molar-refractivity contribution is -0.124. The molecule has 1 atom stereocenters. The molecule has 1 aromatic rings. The predicted octanol–water partition coefficient (Wildman–Crippen LogP) is 2.70. The van der Waals surface area contributed by atoms with E-state index in [9.17, 15) is 9.90 Å². The van der Waals surface area contributed by atoms with Crippen LogP contribution in [0.25, 0.3) is 0 Å². The first-order valence-electron chi connectivity index (χ1n) is 6.03. The lowest BCUT2D eigenvalue weighted by atomic mass is 9.89. The topological polar surface area (TPSA) is 58.6 Å². The van der Waals surface area contributed by atoms with Gasteiger partial charge in [0.15, 0.2) is 6.29 Å². The van der Waals surface area contributed by atoms with Crippen LogP contribution in [0.1, 0.15) is 39.0 Å². The Kier molecular flexibility index (Phi) is 4.87. The smallest absolute Gasteiger partial charge is 0.230 e. The summed E-state index contributed by atoms with van der Waals surface area (Å²) in [5.41, 5.74) is 0.990. The summed E-state index contributed by atoms with van der Waals surface area (Å²) in [6.45, 7) is 5.80. The molecule has 0 spiro atoms. The molecule has 2 N–H and O–H groups in total. The summed E-state index contributed by atoms with van der Waals surface area (Å²) in [6.07, 6.45) is -0.152. The van der Waals surface area contributed by atoms with Gasteiger partial charge < -0.3 is 15.2 Å². The minimum absolute atomic E-state index is 0.00922. The molecule has 0 radical (unpaired) electrons. The molecule has 4 nitrogen and oxygen atoms in total. The van der Waals surface area contributed by atoms with Gasteiger partial charge in [-0.2, -0.15) is 0 Å². The SMILES string of the molecule is CCC(C)(C)C(=O)Nc1ccc(C(O)OC)cc1. The molecule has 0 aliphatic rings.